The monoisotopic (exact) mass is 342 g/mol. The molecule has 0 amide bonds. The molecule has 6 nitrogen and oxygen atoms in total. The van der Waals surface area contributed by atoms with E-state index in [0.717, 1.165) is 51.5 Å². The van der Waals surface area contributed by atoms with Gasteiger partial charge in [0.05, 0.1) is 12.6 Å². The summed E-state index contributed by atoms with van der Waals surface area (Å²) in [7, 11) is 0. The van der Waals surface area contributed by atoms with Crippen molar-refractivity contribution in [3.05, 3.63) is 41.7 Å². The Bertz CT molecular complexity index is 618. The fourth-order valence-corrected chi connectivity index (χ4v) is 3.58. The van der Waals surface area contributed by atoms with Crippen molar-refractivity contribution >= 4 is 0 Å². The third-order valence-electron chi connectivity index (χ3n) is 5.16. The third kappa shape index (κ3) is 4.64. The number of aromatic nitrogens is 4. The molecule has 0 saturated carbocycles. The predicted octanol–water partition coefficient (Wildman–Crippen LogP) is 2.59. The largest absolute Gasteiger partial charge is 0.301 e. The van der Waals surface area contributed by atoms with Crippen LogP contribution >= 0.6 is 0 Å². The van der Waals surface area contributed by atoms with Crippen LogP contribution in [0.3, 0.4) is 0 Å². The SMILES string of the molecule is CCCCC(c1nnnn1Cc1ccccc1)N1CCN(CC)CC1. The molecular weight excluding hydrogens is 312 g/mol. The van der Waals surface area contributed by atoms with E-state index >= 15 is 0 Å². The van der Waals surface area contributed by atoms with Crippen molar-refractivity contribution in [3.8, 4) is 0 Å². The fraction of sp³-hybridized carbons (Fsp3) is 0.632. The number of piperazine rings is 1. The summed E-state index contributed by atoms with van der Waals surface area (Å²) < 4.78 is 1.99. The van der Waals surface area contributed by atoms with Gasteiger partial charge in [0.25, 0.3) is 0 Å². The number of rotatable bonds is 8. The van der Waals surface area contributed by atoms with Crippen molar-refractivity contribution in [2.24, 2.45) is 0 Å². The first kappa shape index (κ1) is 18.0. The van der Waals surface area contributed by atoms with Crippen LogP contribution in [0.4, 0.5) is 0 Å². The Morgan fingerprint density at radius 3 is 2.48 bits per heavy atom. The summed E-state index contributed by atoms with van der Waals surface area (Å²) in [6.45, 7) is 10.8. The van der Waals surface area contributed by atoms with Gasteiger partial charge in [-0.3, -0.25) is 4.90 Å². The number of hydrogen-bond acceptors (Lipinski definition) is 5. The van der Waals surface area contributed by atoms with Crippen molar-refractivity contribution < 1.29 is 0 Å². The van der Waals surface area contributed by atoms with Gasteiger partial charge in [-0.25, -0.2) is 4.68 Å². The van der Waals surface area contributed by atoms with Gasteiger partial charge < -0.3 is 4.90 Å². The molecule has 0 aliphatic carbocycles. The molecule has 3 rings (SSSR count). The summed E-state index contributed by atoms with van der Waals surface area (Å²) in [6, 6.07) is 10.8. The van der Waals surface area contributed by atoms with Crippen LogP contribution in [0, 0.1) is 0 Å². The fourth-order valence-electron chi connectivity index (χ4n) is 3.58. The molecule has 0 bridgehead atoms. The summed E-state index contributed by atoms with van der Waals surface area (Å²) in [6.07, 6.45) is 3.53. The third-order valence-corrected chi connectivity index (χ3v) is 5.16. The minimum atomic E-state index is 0.317. The van der Waals surface area contributed by atoms with Crippen LogP contribution in [0.25, 0.3) is 0 Å². The first-order valence-corrected chi connectivity index (χ1v) is 9.58. The van der Waals surface area contributed by atoms with Gasteiger partial charge in [-0.1, -0.05) is 57.0 Å². The molecule has 1 aliphatic heterocycles. The number of hydrogen-bond donors (Lipinski definition) is 0. The maximum atomic E-state index is 4.43. The van der Waals surface area contributed by atoms with Gasteiger partial charge in [0, 0.05) is 26.2 Å². The summed E-state index contributed by atoms with van der Waals surface area (Å²) in [5.41, 5.74) is 1.24. The lowest BCUT2D eigenvalue weighted by atomic mass is 10.1. The highest BCUT2D eigenvalue weighted by Crippen LogP contribution is 2.26. The van der Waals surface area contributed by atoms with Crippen LogP contribution in [-0.4, -0.2) is 62.7 Å². The first-order valence-electron chi connectivity index (χ1n) is 9.58. The lowest BCUT2D eigenvalue weighted by molar-refractivity contribution is 0.0882. The van der Waals surface area contributed by atoms with E-state index in [0.29, 0.717) is 6.04 Å². The van der Waals surface area contributed by atoms with Crippen molar-refractivity contribution in [1.82, 2.24) is 30.0 Å². The highest BCUT2D eigenvalue weighted by Gasteiger charge is 2.28. The zero-order valence-corrected chi connectivity index (χ0v) is 15.5. The average molecular weight is 342 g/mol. The molecule has 0 N–H and O–H groups in total. The van der Waals surface area contributed by atoms with Gasteiger partial charge >= 0.3 is 0 Å². The van der Waals surface area contributed by atoms with Gasteiger partial charge in [0.2, 0.25) is 0 Å². The van der Waals surface area contributed by atoms with Crippen LogP contribution in [0.5, 0.6) is 0 Å². The van der Waals surface area contributed by atoms with Crippen molar-refractivity contribution in [1.29, 1.82) is 0 Å². The molecule has 25 heavy (non-hydrogen) atoms. The van der Waals surface area contributed by atoms with Crippen LogP contribution in [0.15, 0.2) is 30.3 Å². The molecule has 6 heteroatoms. The molecule has 2 heterocycles. The standard InChI is InChI=1S/C19H30N6/c1-3-5-11-18(24-14-12-23(4-2)13-15-24)19-20-21-22-25(19)16-17-9-7-6-8-10-17/h6-10,18H,3-5,11-16H2,1-2H3. The van der Waals surface area contributed by atoms with Gasteiger partial charge in [-0.2, -0.15) is 0 Å². The second-order valence-electron chi connectivity index (χ2n) is 6.81. The van der Waals surface area contributed by atoms with E-state index in [1.54, 1.807) is 0 Å². The molecular formula is C19H30N6. The Morgan fingerprint density at radius 2 is 1.80 bits per heavy atom. The molecule has 1 saturated heterocycles. The second kappa shape index (κ2) is 9.06. The maximum absolute atomic E-state index is 4.43. The highest BCUT2D eigenvalue weighted by atomic mass is 15.6. The average Bonchev–Trinajstić information content (AvgIpc) is 3.11. The summed E-state index contributed by atoms with van der Waals surface area (Å²) >= 11 is 0. The Labute approximate surface area is 150 Å². The Morgan fingerprint density at radius 1 is 1.04 bits per heavy atom. The smallest absolute Gasteiger partial charge is 0.168 e. The molecule has 0 spiro atoms. The first-order chi connectivity index (χ1) is 12.3. The van der Waals surface area contributed by atoms with Crippen LogP contribution in [0.2, 0.25) is 0 Å². The Kier molecular flexibility index (Phi) is 6.53. The summed E-state index contributed by atoms with van der Waals surface area (Å²) in [4.78, 5) is 5.09. The van der Waals surface area contributed by atoms with E-state index in [4.69, 9.17) is 0 Å². The van der Waals surface area contributed by atoms with E-state index in [1.165, 1.54) is 18.4 Å². The van der Waals surface area contributed by atoms with Crippen LogP contribution < -0.4 is 0 Å². The number of benzene rings is 1. The molecule has 2 aromatic rings. The van der Waals surface area contributed by atoms with Gasteiger partial charge in [-0.15, -0.1) is 5.10 Å². The predicted molar refractivity (Wildman–Crippen MR) is 99.3 cm³/mol. The molecule has 136 valence electrons. The normalized spacial score (nSPS) is 17.7. The van der Waals surface area contributed by atoms with Crippen LogP contribution in [0.1, 0.15) is 50.5 Å². The molecule has 1 aliphatic rings. The quantitative estimate of drug-likeness (QED) is 0.738. The lowest BCUT2D eigenvalue weighted by Crippen LogP contribution is -2.47. The topological polar surface area (TPSA) is 50.1 Å². The van der Waals surface area contributed by atoms with E-state index in [-0.39, 0.29) is 0 Å². The molecule has 1 atom stereocenters. The minimum Gasteiger partial charge on any atom is -0.301 e. The van der Waals surface area contributed by atoms with Gasteiger partial charge in [-0.05, 0) is 29.0 Å². The molecule has 1 unspecified atom stereocenters. The molecule has 1 aromatic heterocycles. The Hall–Kier alpha value is -1.79. The van der Waals surface area contributed by atoms with Crippen molar-refractivity contribution in [3.63, 3.8) is 0 Å². The van der Waals surface area contributed by atoms with E-state index < -0.39 is 0 Å². The summed E-state index contributed by atoms with van der Waals surface area (Å²) in [5.74, 6) is 1.02. The molecule has 0 radical (unpaired) electrons. The lowest BCUT2D eigenvalue weighted by Gasteiger charge is -2.38. The molecule has 1 aromatic carbocycles. The zero-order valence-electron chi connectivity index (χ0n) is 15.5. The van der Waals surface area contributed by atoms with Crippen LogP contribution in [-0.2, 0) is 6.54 Å². The minimum absolute atomic E-state index is 0.317. The summed E-state index contributed by atoms with van der Waals surface area (Å²) in [5, 5.41) is 12.7. The number of nitrogens with zero attached hydrogens (tertiary/aromatic N) is 6. The highest BCUT2D eigenvalue weighted by molar-refractivity contribution is 5.15. The van der Waals surface area contributed by atoms with E-state index in [9.17, 15) is 0 Å². The second-order valence-corrected chi connectivity index (χ2v) is 6.81. The van der Waals surface area contributed by atoms with E-state index in [1.807, 2.05) is 10.7 Å². The van der Waals surface area contributed by atoms with Gasteiger partial charge in [0.15, 0.2) is 5.82 Å². The number of tetrazole rings is 1. The zero-order chi connectivity index (χ0) is 17.5. The van der Waals surface area contributed by atoms with Crippen molar-refractivity contribution in [2.75, 3.05) is 32.7 Å². The molecule has 1 fully saturated rings. The maximum Gasteiger partial charge on any atom is 0.168 e. The van der Waals surface area contributed by atoms with Crippen molar-refractivity contribution in [2.45, 2.75) is 45.7 Å². The van der Waals surface area contributed by atoms with E-state index in [2.05, 4.69) is 63.4 Å². The Balaban J connectivity index is 1.76. The number of unbranched alkanes of at least 4 members (excludes halogenated alkanes) is 1. The number of likely N-dealkylation sites (N-methyl/N-ethyl adjacent to an activating group) is 1. The van der Waals surface area contributed by atoms with Gasteiger partial charge in [0.1, 0.15) is 0 Å².